The van der Waals surface area contributed by atoms with Gasteiger partial charge >= 0.3 is 12.1 Å². The first kappa shape index (κ1) is 30.9. The topological polar surface area (TPSA) is 129 Å². The van der Waals surface area contributed by atoms with Crippen molar-refractivity contribution < 1.29 is 23.8 Å². The largest absolute Gasteiger partial charge is 0.490 e. The van der Waals surface area contributed by atoms with Crippen LogP contribution in [0, 0.1) is 0 Å². The Hall–Kier alpha value is -5.06. The van der Waals surface area contributed by atoms with E-state index in [1.54, 1.807) is 65.6 Å². The third kappa shape index (κ3) is 9.49. The summed E-state index contributed by atoms with van der Waals surface area (Å²) in [5.41, 5.74) is 1.53. The number of benzene rings is 2. The van der Waals surface area contributed by atoms with Crippen LogP contribution in [-0.2, 0) is 10.2 Å². The highest BCUT2D eigenvalue weighted by molar-refractivity contribution is 5.99. The number of amides is 3. The van der Waals surface area contributed by atoms with E-state index in [1.807, 2.05) is 39.0 Å². The molecule has 0 fully saturated rings. The van der Waals surface area contributed by atoms with Crippen molar-refractivity contribution in [2.24, 2.45) is 0 Å². The van der Waals surface area contributed by atoms with Crippen molar-refractivity contribution >= 4 is 23.6 Å². The minimum atomic E-state index is -0.490. The van der Waals surface area contributed by atoms with Crippen LogP contribution in [0.25, 0.3) is 5.69 Å². The fourth-order valence-corrected chi connectivity index (χ4v) is 3.78. The number of rotatable bonds is 9. The van der Waals surface area contributed by atoms with Crippen molar-refractivity contribution in [2.45, 2.75) is 52.5 Å². The highest BCUT2D eigenvalue weighted by atomic mass is 16.6. The second-order valence-electron chi connectivity index (χ2n) is 11.8. The summed E-state index contributed by atoms with van der Waals surface area (Å²) < 4.78 is 18.3. The van der Waals surface area contributed by atoms with Gasteiger partial charge in [-0.1, -0.05) is 20.8 Å². The molecular formula is C32H38N6O5. The molecule has 0 saturated carbocycles. The molecule has 11 heteroatoms. The maximum atomic E-state index is 13.0. The molecule has 3 N–H and O–H groups in total. The maximum absolute atomic E-state index is 13.0. The average Bonchev–Trinajstić information content (AvgIpc) is 3.36. The van der Waals surface area contributed by atoms with E-state index in [4.69, 9.17) is 19.3 Å². The van der Waals surface area contributed by atoms with Gasteiger partial charge in [0.05, 0.1) is 11.4 Å². The minimum Gasteiger partial charge on any atom is -0.490 e. The summed E-state index contributed by atoms with van der Waals surface area (Å²) in [6.07, 6.45) is 2.82. The van der Waals surface area contributed by atoms with Crippen LogP contribution in [0.3, 0.4) is 0 Å². The zero-order valence-corrected chi connectivity index (χ0v) is 25.3. The number of hydrogen-bond donors (Lipinski definition) is 3. The first-order valence-corrected chi connectivity index (χ1v) is 13.9. The van der Waals surface area contributed by atoms with E-state index in [0.29, 0.717) is 28.8 Å². The molecule has 3 amide bonds. The van der Waals surface area contributed by atoms with Crippen LogP contribution in [0.2, 0.25) is 0 Å². The van der Waals surface area contributed by atoms with Crippen molar-refractivity contribution in [3.63, 3.8) is 0 Å². The van der Waals surface area contributed by atoms with Gasteiger partial charge in [-0.15, -0.1) is 0 Å². The van der Waals surface area contributed by atoms with Gasteiger partial charge in [0, 0.05) is 35.1 Å². The van der Waals surface area contributed by atoms with Crippen LogP contribution >= 0.6 is 0 Å². The molecule has 0 atom stereocenters. The molecule has 0 bridgehead atoms. The first-order chi connectivity index (χ1) is 20.4. The molecule has 226 valence electrons. The van der Waals surface area contributed by atoms with E-state index in [-0.39, 0.29) is 24.2 Å². The van der Waals surface area contributed by atoms with Crippen LogP contribution in [0.15, 0.2) is 79.1 Å². The van der Waals surface area contributed by atoms with Gasteiger partial charge in [-0.25, -0.2) is 14.3 Å². The van der Waals surface area contributed by atoms with Crippen LogP contribution < -0.4 is 25.4 Å². The molecule has 0 saturated heterocycles. The normalized spacial score (nSPS) is 11.4. The molecule has 0 spiro atoms. The molecule has 0 aliphatic heterocycles. The predicted octanol–water partition coefficient (Wildman–Crippen LogP) is 6.90. The van der Waals surface area contributed by atoms with Crippen LogP contribution in [0.4, 0.5) is 21.1 Å². The highest BCUT2D eigenvalue weighted by Crippen LogP contribution is 2.28. The minimum absolute atomic E-state index is 0.113. The van der Waals surface area contributed by atoms with Crippen LogP contribution in [-0.4, -0.2) is 45.6 Å². The Morgan fingerprint density at radius 1 is 0.791 bits per heavy atom. The summed E-state index contributed by atoms with van der Waals surface area (Å²) in [5.74, 6) is 2.42. The molecule has 2 aromatic heterocycles. The number of carbonyl (C=O) groups excluding carboxylic acids is 2. The van der Waals surface area contributed by atoms with E-state index in [9.17, 15) is 9.59 Å². The summed E-state index contributed by atoms with van der Waals surface area (Å²) in [5, 5.41) is 13.3. The monoisotopic (exact) mass is 586 g/mol. The lowest BCUT2D eigenvalue weighted by molar-refractivity contribution is 0.118. The quantitative estimate of drug-likeness (QED) is 0.182. The van der Waals surface area contributed by atoms with E-state index >= 15 is 0 Å². The van der Waals surface area contributed by atoms with E-state index in [1.165, 1.54) is 0 Å². The molecule has 4 rings (SSSR count). The van der Waals surface area contributed by atoms with Gasteiger partial charge < -0.3 is 24.8 Å². The summed E-state index contributed by atoms with van der Waals surface area (Å²) in [6.45, 7) is 12.1. The number of ether oxygens (including phenoxy) is 3. The number of nitrogens with zero attached hydrogens (tertiary/aromatic N) is 3. The number of hydrogen-bond acceptors (Lipinski definition) is 7. The van der Waals surface area contributed by atoms with Crippen molar-refractivity contribution in [3.05, 3.63) is 84.8 Å². The second kappa shape index (κ2) is 13.3. The summed E-state index contributed by atoms with van der Waals surface area (Å²) in [4.78, 5) is 28.7. The molecule has 11 nitrogen and oxygen atoms in total. The lowest BCUT2D eigenvalue weighted by atomic mass is 9.92. The molecule has 0 aliphatic rings. The fraction of sp³-hybridized carbons (Fsp3) is 0.312. The molecule has 2 aromatic carbocycles. The molecule has 0 unspecified atom stereocenters. The SMILES string of the molecule is CC(C)(C)NC(=O)OCCOc1ccc(-n2nc(C(C)(C)C)cc2NC(=O)Nc2ccc(Oc3ccncc3)cc2)cc1. The van der Waals surface area contributed by atoms with Crippen molar-refractivity contribution in [1.29, 1.82) is 0 Å². The summed E-state index contributed by atoms with van der Waals surface area (Å²) in [7, 11) is 0. The Bertz CT molecular complexity index is 1510. The van der Waals surface area contributed by atoms with Crippen molar-refractivity contribution in [1.82, 2.24) is 20.1 Å². The average molecular weight is 587 g/mol. The zero-order valence-electron chi connectivity index (χ0n) is 25.3. The first-order valence-electron chi connectivity index (χ1n) is 13.9. The molecule has 2 heterocycles. The Balaban J connectivity index is 1.38. The molecule has 0 aliphatic carbocycles. The maximum Gasteiger partial charge on any atom is 0.407 e. The molecule has 4 aromatic rings. The number of aromatic nitrogens is 3. The Morgan fingerprint density at radius 3 is 2.05 bits per heavy atom. The Morgan fingerprint density at radius 2 is 1.42 bits per heavy atom. The van der Waals surface area contributed by atoms with E-state index in [2.05, 4.69) is 41.7 Å². The van der Waals surface area contributed by atoms with Crippen LogP contribution in [0.5, 0.6) is 17.2 Å². The third-order valence-electron chi connectivity index (χ3n) is 5.86. The number of urea groups is 1. The van der Waals surface area contributed by atoms with Gasteiger partial charge in [0.15, 0.2) is 0 Å². The third-order valence-corrected chi connectivity index (χ3v) is 5.86. The van der Waals surface area contributed by atoms with Gasteiger partial charge in [-0.05, 0) is 81.4 Å². The lowest BCUT2D eigenvalue weighted by Crippen LogP contribution is -2.41. The number of anilines is 2. The zero-order chi connectivity index (χ0) is 31.0. The lowest BCUT2D eigenvalue weighted by Gasteiger charge is -2.19. The van der Waals surface area contributed by atoms with Crippen molar-refractivity contribution in [2.75, 3.05) is 23.8 Å². The highest BCUT2D eigenvalue weighted by Gasteiger charge is 2.22. The van der Waals surface area contributed by atoms with Gasteiger partial charge in [-0.3, -0.25) is 10.3 Å². The number of carbonyl (C=O) groups is 2. The Kier molecular flexibility index (Phi) is 9.54. The van der Waals surface area contributed by atoms with E-state index in [0.717, 1.165) is 11.4 Å². The van der Waals surface area contributed by atoms with Crippen LogP contribution in [0.1, 0.15) is 47.2 Å². The van der Waals surface area contributed by atoms with Crippen molar-refractivity contribution in [3.8, 4) is 22.9 Å². The predicted molar refractivity (Wildman–Crippen MR) is 165 cm³/mol. The number of alkyl carbamates (subject to hydrolysis) is 1. The molecular weight excluding hydrogens is 548 g/mol. The smallest absolute Gasteiger partial charge is 0.407 e. The van der Waals surface area contributed by atoms with Gasteiger partial charge in [0.25, 0.3) is 0 Å². The fourth-order valence-electron chi connectivity index (χ4n) is 3.78. The van der Waals surface area contributed by atoms with Gasteiger partial charge in [-0.2, -0.15) is 5.10 Å². The second-order valence-corrected chi connectivity index (χ2v) is 11.8. The van der Waals surface area contributed by atoms with Gasteiger partial charge in [0.1, 0.15) is 36.3 Å². The Labute approximate surface area is 251 Å². The van der Waals surface area contributed by atoms with Gasteiger partial charge in [0.2, 0.25) is 0 Å². The summed E-state index contributed by atoms with van der Waals surface area (Å²) in [6, 6.07) is 19.3. The molecule has 0 radical (unpaired) electrons. The standard InChI is InChI=1S/C32H38N6O5/c1-31(2,3)27-21-28(35-29(39)34-22-7-11-25(12-8-22)43-26-15-17-33-18-16-26)38(37-27)23-9-13-24(14-10-23)41-19-20-42-30(40)36-32(4,5)6/h7-18,21H,19-20H2,1-6H3,(H,36,40)(H2,34,35,39). The molecule has 43 heavy (non-hydrogen) atoms. The summed E-state index contributed by atoms with van der Waals surface area (Å²) >= 11 is 0. The van der Waals surface area contributed by atoms with E-state index < -0.39 is 12.1 Å². The number of pyridine rings is 1. The number of nitrogens with one attached hydrogen (secondary N) is 3.